The van der Waals surface area contributed by atoms with E-state index in [-0.39, 0.29) is 4.90 Å². The molecule has 0 saturated heterocycles. The number of nitrogens with two attached hydrogens (primary N) is 1. The molecule has 0 atom stereocenters. The SMILES string of the molecule is CN(c1ccc(Br)cc1N)S(=O)(=O)c1cc(Br)ccc1Br. The van der Waals surface area contributed by atoms with E-state index in [1.54, 1.807) is 36.4 Å². The van der Waals surface area contributed by atoms with Crippen molar-refractivity contribution in [3.05, 3.63) is 49.8 Å². The summed E-state index contributed by atoms with van der Waals surface area (Å²) in [4.78, 5) is 0.168. The zero-order chi connectivity index (χ0) is 15.8. The number of benzene rings is 2. The van der Waals surface area contributed by atoms with Gasteiger partial charge in [0.05, 0.1) is 11.4 Å². The molecule has 0 bridgehead atoms. The van der Waals surface area contributed by atoms with Crippen molar-refractivity contribution in [2.24, 2.45) is 0 Å². The first kappa shape index (κ1) is 16.8. The summed E-state index contributed by atoms with van der Waals surface area (Å²) in [5.41, 5.74) is 6.71. The highest BCUT2D eigenvalue weighted by Crippen LogP contribution is 2.33. The van der Waals surface area contributed by atoms with Crippen molar-refractivity contribution in [2.75, 3.05) is 17.1 Å². The van der Waals surface area contributed by atoms with Crippen LogP contribution in [0.2, 0.25) is 0 Å². The van der Waals surface area contributed by atoms with E-state index in [0.29, 0.717) is 20.3 Å². The molecule has 0 fully saturated rings. The zero-order valence-corrected chi connectivity index (χ0v) is 16.4. The molecule has 0 radical (unpaired) electrons. The molecule has 0 aliphatic carbocycles. The lowest BCUT2D eigenvalue weighted by atomic mass is 10.3. The molecule has 112 valence electrons. The maximum absolute atomic E-state index is 12.8. The molecule has 8 heteroatoms. The number of halogens is 3. The van der Waals surface area contributed by atoms with Crippen LogP contribution in [-0.4, -0.2) is 15.5 Å². The topological polar surface area (TPSA) is 63.4 Å². The van der Waals surface area contributed by atoms with Crippen LogP contribution in [0.15, 0.2) is 54.7 Å². The van der Waals surface area contributed by atoms with Crippen molar-refractivity contribution in [1.82, 2.24) is 0 Å². The molecule has 0 spiro atoms. The van der Waals surface area contributed by atoms with Crippen molar-refractivity contribution in [1.29, 1.82) is 0 Å². The minimum absolute atomic E-state index is 0.168. The first-order valence-electron chi connectivity index (χ1n) is 5.72. The van der Waals surface area contributed by atoms with Crippen molar-refractivity contribution in [3.8, 4) is 0 Å². The molecular weight excluding hydrogens is 488 g/mol. The number of anilines is 2. The van der Waals surface area contributed by atoms with E-state index in [1.807, 2.05) is 0 Å². The molecule has 2 N–H and O–H groups in total. The molecule has 21 heavy (non-hydrogen) atoms. The first-order chi connectivity index (χ1) is 9.73. The normalized spacial score (nSPS) is 11.4. The summed E-state index contributed by atoms with van der Waals surface area (Å²) in [7, 11) is -2.24. The molecule has 0 heterocycles. The summed E-state index contributed by atoms with van der Waals surface area (Å²) in [6.07, 6.45) is 0. The van der Waals surface area contributed by atoms with Gasteiger partial charge in [-0.1, -0.05) is 31.9 Å². The number of sulfonamides is 1. The van der Waals surface area contributed by atoms with Crippen molar-refractivity contribution in [2.45, 2.75) is 4.90 Å². The minimum Gasteiger partial charge on any atom is -0.397 e. The second-order valence-corrected chi connectivity index (χ2v) is 8.87. The van der Waals surface area contributed by atoms with Gasteiger partial charge in [0.1, 0.15) is 4.90 Å². The average Bonchev–Trinajstić information content (AvgIpc) is 2.40. The number of rotatable bonds is 3. The average molecular weight is 499 g/mol. The predicted octanol–water partition coefficient (Wildman–Crippen LogP) is 4.38. The van der Waals surface area contributed by atoms with E-state index in [1.165, 1.54) is 11.4 Å². The van der Waals surface area contributed by atoms with Gasteiger partial charge in [0.25, 0.3) is 10.0 Å². The Balaban J connectivity index is 2.55. The maximum atomic E-state index is 12.8. The monoisotopic (exact) mass is 496 g/mol. The van der Waals surface area contributed by atoms with Gasteiger partial charge < -0.3 is 5.73 Å². The fraction of sp³-hybridized carbons (Fsp3) is 0.0769. The lowest BCUT2D eigenvalue weighted by molar-refractivity contribution is 0.594. The minimum atomic E-state index is -3.72. The largest absolute Gasteiger partial charge is 0.397 e. The molecule has 0 aromatic heterocycles. The molecule has 2 rings (SSSR count). The Labute approximate surface area is 148 Å². The third-order valence-corrected chi connectivity index (χ3v) is 6.61. The Morgan fingerprint density at radius 1 is 1.00 bits per heavy atom. The molecule has 0 aliphatic heterocycles. The van der Waals surface area contributed by atoms with Gasteiger partial charge in [-0.25, -0.2) is 8.42 Å². The van der Waals surface area contributed by atoms with Crippen LogP contribution in [0, 0.1) is 0 Å². The van der Waals surface area contributed by atoms with Crippen LogP contribution in [0.25, 0.3) is 0 Å². The quantitative estimate of drug-likeness (QED) is 0.639. The predicted molar refractivity (Wildman–Crippen MR) is 96.0 cm³/mol. The summed E-state index contributed by atoms with van der Waals surface area (Å²) in [6, 6.07) is 10.0. The Bertz CT molecular complexity index is 794. The Morgan fingerprint density at radius 2 is 1.57 bits per heavy atom. The highest BCUT2D eigenvalue weighted by molar-refractivity contribution is 9.11. The Morgan fingerprint density at radius 3 is 2.19 bits per heavy atom. The molecule has 0 amide bonds. The number of hydrogen-bond donors (Lipinski definition) is 1. The molecule has 0 aliphatic rings. The van der Waals surface area contributed by atoms with Gasteiger partial charge in [0.15, 0.2) is 0 Å². The molecule has 0 unspecified atom stereocenters. The molecule has 2 aromatic carbocycles. The van der Waals surface area contributed by atoms with E-state index in [2.05, 4.69) is 47.8 Å². The van der Waals surface area contributed by atoms with Gasteiger partial charge >= 0.3 is 0 Å². The van der Waals surface area contributed by atoms with E-state index >= 15 is 0 Å². The fourth-order valence-corrected chi connectivity index (χ4v) is 4.83. The first-order valence-corrected chi connectivity index (χ1v) is 9.54. The number of nitrogens with zero attached hydrogens (tertiary/aromatic N) is 1. The zero-order valence-electron chi connectivity index (χ0n) is 10.8. The van der Waals surface area contributed by atoms with Gasteiger partial charge in [-0.05, 0) is 52.3 Å². The lowest BCUT2D eigenvalue weighted by Crippen LogP contribution is -2.27. The van der Waals surface area contributed by atoms with Gasteiger partial charge in [0.2, 0.25) is 0 Å². The van der Waals surface area contributed by atoms with Crippen LogP contribution in [-0.2, 0) is 10.0 Å². The van der Waals surface area contributed by atoms with E-state index in [9.17, 15) is 8.42 Å². The summed E-state index contributed by atoms with van der Waals surface area (Å²) < 4.78 is 28.6. The maximum Gasteiger partial charge on any atom is 0.265 e. The van der Waals surface area contributed by atoms with E-state index < -0.39 is 10.0 Å². The third-order valence-electron chi connectivity index (χ3n) is 2.86. The van der Waals surface area contributed by atoms with Crippen LogP contribution in [0.3, 0.4) is 0 Å². The summed E-state index contributed by atoms with van der Waals surface area (Å²) in [5.74, 6) is 0. The van der Waals surface area contributed by atoms with Crippen LogP contribution in [0.1, 0.15) is 0 Å². The van der Waals surface area contributed by atoms with Crippen LogP contribution >= 0.6 is 47.8 Å². The fourth-order valence-electron chi connectivity index (χ4n) is 1.76. The van der Waals surface area contributed by atoms with Gasteiger partial charge in [-0.15, -0.1) is 0 Å². The van der Waals surface area contributed by atoms with E-state index in [4.69, 9.17) is 5.73 Å². The number of hydrogen-bond acceptors (Lipinski definition) is 3. The molecular formula is C13H11Br3N2O2S. The standard InChI is InChI=1S/C13H11Br3N2O2S/c1-18(12-5-3-8(14)6-11(12)17)21(19,20)13-7-9(15)2-4-10(13)16/h2-7H,17H2,1H3. The van der Waals surface area contributed by atoms with Crippen molar-refractivity contribution >= 4 is 69.2 Å². The Kier molecular flexibility index (Phi) is 5.02. The van der Waals surface area contributed by atoms with Gasteiger partial charge in [-0.2, -0.15) is 0 Å². The van der Waals surface area contributed by atoms with E-state index in [0.717, 1.165) is 4.47 Å². The molecule has 2 aromatic rings. The molecule has 0 saturated carbocycles. The number of nitrogen functional groups attached to an aromatic ring is 1. The second kappa shape index (κ2) is 6.28. The third kappa shape index (κ3) is 3.44. The van der Waals surface area contributed by atoms with Gasteiger partial charge in [-0.3, -0.25) is 4.31 Å². The van der Waals surface area contributed by atoms with Gasteiger partial charge in [0, 0.05) is 20.5 Å². The van der Waals surface area contributed by atoms with Crippen molar-refractivity contribution in [3.63, 3.8) is 0 Å². The summed E-state index contributed by atoms with van der Waals surface area (Å²) >= 11 is 9.86. The van der Waals surface area contributed by atoms with Crippen LogP contribution in [0.5, 0.6) is 0 Å². The van der Waals surface area contributed by atoms with Crippen LogP contribution < -0.4 is 10.0 Å². The lowest BCUT2D eigenvalue weighted by Gasteiger charge is -2.22. The summed E-state index contributed by atoms with van der Waals surface area (Å²) in [6.45, 7) is 0. The van der Waals surface area contributed by atoms with Crippen molar-refractivity contribution < 1.29 is 8.42 Å². The van der Waals surface area contributed by atoms with Crippen LogP contribution in [0.4, 0.5) is 11.4 Å². The smallest absolute Gasteiger partial charge is 0.265 e. The summed E-state index contributed by atoms with van der Waals surface area (Å²) in [5, 5.41) is 0. The highest BCUT2D eigenvalue weighted by Gasteiger charge is 2.25. The molecule has 4 nitrogen and oxygen atoms in total. The highest BCUT2D eigenvalue weighted by atomic mass is 79.9. The Hall–Kier alpha value is -0.570. The second-order valence-electron chi connectivity index (χ2n) is 4.25.